The van der Waals surface area contributed by atoms with Crippen LogP contribution >= 0.6 is 0 Å². The molecular weight excluding hydrogens is 336 g/mol. The van der Waals surface area contributed by atoms with E-state index in [9.17, 15) is 4.79 Å². The number of unbranched alkanes of at least 4 members (excludes halogenated alkanes) is 1. The molecule has 3 rings (SSSR count). The van der Waals surface area contributed by atoms with Gasteiger partial charge >= 0.3 is 0 Å². The minimum absolute atomic E-state index is 0.0149. The number of carbonyl (C=O) groups excluding carboxylic acids is 1. The normalized spacial score (nSPS) is 14.3. The summed E-state index contributed by atoms with van der Waals surface area (Å²) in [6, 6.07) is 5.45. The fourth-order valence-electron chi connectivity index (χ4n) is 2.95. The molecule has 1 amide bonds. The van der Waals surface area contributed by atoms with Crippen molar-refractivity contribution in [3.8, 4) is 11.5 Å². The lowest BCUT2D eigenvalue weighted by atomic mass is 10.1. The maximum absolute atomic E-state index is 12.0. The van der Waals surface area contributed by atoms with Crippen molar-refractivity contribution in [2.45, 2.75) is 38.5 Å². The Morgan fingerprint density at radius 2 is 2.12 bits per heavy atom. The predicted octanol–water partition coefficient (Wildman–Crippen LogP) is 2.97. The van der Waals surface area contributed by atoms with Crippen LogP contribution in [-0.4, -0.2) is 52.2 Å². The van der Waals surface area contributed by atoms with Crippen molar-refractivity contribution in [2.75, 3.05) is 25.0 Å². The van der Waals surface area contributed by atoms with Gasteiger partial charge in [0.25, 0.3) is 6.47 Å². The summed E-state index contributed by atoms with van der Waals surface area (Å²) in [5.74, 6) is 1.26. The summed E-state index contributed by atoms with van der Waals surface area (Å²) in [7, 11) is 0. The first-order valence-corrected chi connectivity index (χ1v) is 8.92. The van der Waals surface area contributed by atoms with Crippen molar-refractivity contribution in [1.82, 2.24) is 15.1 Å². The number of carbonyl (C=O) groups is 2. The van der Waals surface area contributed by atoms with Crippen molar-refractivity contribution < 1.29 is 19.1 Å². The molecule has 8 heteroatoms. The van der Waals surface area contributed by atoms with Crippen molar-refractivity contribution in [1.29, 1.82) is 0 Å². The number of rotatable bonds is 7. The minimum Gasteiger partial charge on any atom is -0.483 e. The second kappa shape index (κ2) is 11.1. The summed E-state index contributed by atoms with van der Waals surface area (Å²) in [6.45, 7) is 3.29. The zero-order chi connectivity index (χ0) is 18.6. The Balaban J connectivity index is 0.000000758. The summed E-state index contributed by atoms with van der Waals surface area (Å²) in [5.41, 5.74) is 0.760. The Bertz CT molecular complexity index is 648. The van der Waals surface area contributed by atoms with E-state index in [1.807, 2.05) is 12.1 Å². The molecule has 1 fully saturated rings. The van der Waals surface area contributed by atoms with E-state index in [1.54, 1.807) is 12.3 Å². The van der Waals surface area contributed by atoms with E-state index in [0.717, 1.165) is 25.1 Å². The standard InChI is InChI=1S/C17H24N4O2.CH2O2/c22-17(8-2-5-11-21-9-3-1-4-10-21)18-16-13-14(19-20-16)15-7-6-12-23-15;2-1-3/h6-7,12-13H,1-5,8-11H2,(H2,18,19,20,22);1H,(H,2,3). The number of nitrogens with zero attached hydrogens (tertiary/aromatic N) is 2. The van der Waals surface area contributed by atoms with E-state index in [2.05, 4.69) is 20.4 Å². The number of aromatic nitrogens is 2. The molecule has 0 aromatic carbocycles. The summed E-state index contributed by atoms with van der Waals surface area (Å²) < 4.78 is 5.29. The highest BCUT2D eigenvalue weighted by molar-refractivity contribution is 5.90. The monoisotopic (exact) mass is 362 g/mol. The highest BCUT2D eigenvalue weighted by atomic mass is 16.3. The second-order valence-electron chi connectivity index (χ2n) is 6.16. The SMILES string of the molecule is O=C(CCCCN1CCCCC1)Nc1cc(-c2ccco2)[nH]n1.O=CO. The van der Waals surface area contributed by atoms with Gasteiger partial charge in [0, 0.05) is 12.5 Å². The van der Waals surface area contributed by atoms with Gasteiger partial charge in [-0.05, 0) is 57.5 Å². The maximum Gasteiger partial charge on any atom is 0.290 e. The van der Waals surface area contributed by atoms with Crippen molar-refractivity contribution >= 4 is 18.2 Å². The van der Waals surface area contributed by atoms with Crippen LogP contribution in [0.15, 0.2) is 28.9 Å². The predicted molar refractivity (Wildman–Crippen MR) is 97.8 cm³/mol. The minimum atomic E-state index is -0.250. The fraction of sp³-hybridized carbons (Fsp3) is 0.500. The third-order valence-corrected chi connectivity index (χ3v) is 4.21. The first kappa shape index (κ1) is 19.7. The number of nitrogens with one attached hydrogen (secondary N) is 2. The first-order chi connectivity index (χ1) is 12.7. The molecule has 1 aliphatic rings. The lowest BCUT2D eigenvalue weighted by Gasteiger charge is -2.26. The molecule has 0 spiro atoms. The largest absolute Gasteiger partial charge is 0.483 e. The first-order valence-electron chi connectivity index (χ1n) is 8.92. The molecule has 0 radical (unpaired) electrons. The summed E-state index contributed by atoms with van der Waals surface area (Å²) in [4.78, 5) is 22.8. The highest BCUT2D eigenvalue weighted by Gasteiger charge is 2.11. The molecule has 0 bridgehead atoms. The Kier molecular flexibility index (Phi) is 8.41. The Hall–Kier alpha value is -2.61. The van der Waals surface area contributed by atoms with Crippen molar-refractivity contribution in [3.63, 3.8) is 0 Å². The van der Waals surface area contributed by atoms with Gasteiger partial charge in [0.1, 0.15) is 5.69 Å². The zero-order valence-electron chi connectivity index (χ0n) is 14.8. The molecule has 2 aromatic rings. The van der Waals surface area contributed by atoms with Crippen LogP contribution < -0.4 is 5.32 Å². The van der Waals surface area contributed by atoms with E-state index >= 15 is 0 Å². The number of amides is 1. The molecule has 0 atom stereocenters. The topological polar surface area (TPSA) is 111 Å². The molecule has 0 saturated carbocycles. The van der Waals surface area contributed by atoms with Crippen molar-refractivity contribution in [2.24, 2.45) is 0 Å². The molecule has 0 aliphatic carbocycles. The van der Waals surface area contributed by atoms with Crippen LogP contribution in [0.4, 0.5) is 5.82 Å². The van der Waals surface area contributed by atoms with Gasteiger partial charge in [-0.25, -0.2) is 0 Å². The molecule has 26 heavy (non-hydrogen) atoms. The molecular formula is C18H26N4O4. The molecule has 3 N–H and O–H groups in total. The van der Waals surface area contributed by atoms with E-state index in [0.29, 0.717) is 18.0 Å². The summed E-state index contributed by atoms with van der Waals surface area (Å²) in [6.07, 6.45) is 8.13. The van der Waals surface area contributed by atoms with Gasteiger partial charge in [0.2, 0.25) is 5.91 Å². The van der Waals surface area contributed by atoms with Crippen LogP contribution in [0.1, 0.15) is 38.5 Å². The zero-order valence-corrected chi connectivity index (χ0v) is 14.8. The molecule has 2 aromatic heterocycles. The molecule has 1 saturated heterocycles. The fourth-order valence-corrected chi connectivity index (χ4v) is 2.95. The number of likely N-dealkylation sites (tertiary alicyclic amines) is 1. The number of hydrogen-bond acceptors (Lipinski definition) is 5. The third-order valence-electron chi connectivity index (χ3n) is 4.21. The number of aromatic amines is 1. The van der Waals surface area contributed by atoms with E-state index in [-0.39, 0.29) is 12.4 Å². The van der Waals surface area contributed by atoms with E-state index in [1.165, 1.54) is 32.4 Å². The van der Waals surface area contributed by atoms with Crippen LogP contribution in [0.2, 0.25) is 0 Å². The molecule has 8 nitrogen and oxygen atoms in total. The number of carboxylic acid groups (broad SMARTS) is 1. The number of furan rings is 1. The molecule has 3 heterocycles. The molecule has 0 unspecified atom stereocenters. The smallest absolute Gasteiger partial charge is 0.290 e. The Morgan fingerprint density at radius 1 is 1.35 bits per heavy atom. The Morgan fingerprint density at radius 3 is 2.81 bits per heavy atom. The molecule has 1 aliphatic heterocycles. The number of hydrogen-bond donors (Lipinski definition) is 3. The van der Waals surface area contributed by atoms with Gasteiger partial charge < -0.3 is 19.7 Å². The lowest BCUT2D eigenvalue weighted by Crippen LogP contribution is -2.30. The Labute approximate surface area is 152 Å². The lowest BCUT2D eigenvalue weighted by molar-refractivity contribution is -0.123. The van der Waals surface area contributed by atoms with Gasteiger partial charge in [-0.15, -0.1) is 0 Å². The van der Waals surface area contributed by atoms with Gasteiger partial charge in [-0.3, -0.25) is 14.7 Å². The molecule has 142 valence electrons. The number of piperidine rings is 1. The van der Waals surface area contributed by atoms with Crippen LogP contribution in [0.25, 0.3) is 11.5 Å². The van der Waals surface area contributed by atoms with Crippen molar-refractivity contribution in [3.05, 3.63) is 24.5 Å². The van der Waals surface area contributed by atoms with Gasteiger partial charge in [-0.1, -0.05) is 6.42 Å². The van der Waals surface area contributed by atoms with Gasteiger partial charge in [0.15, 0.2) is 11.6 Å². The number of anilines is 1. The van der Waals surface area contributed by atoms with E-state index in [4.69, 9.17) is 14.3 Å². The van der Waals surface area contributed by atoms with Crippen LogP contribution in [0, 0.1) is 0 Å². The summed E-state index contributed by atoms with van der Waals surface area (Å²) in [5, 5.41) is 16.7. The van der Waals surface area contributed by atoms with Crippen LogP contribution in [0.3, 0.4) is 0 Å². The third kappa shape index (κ3) is 6.72. The van der Waals surface area contributed by atoms with Crippen LogP contribution in [0.5, 0.6) is 0 Å². The average molecular weight is 362 g/mol. The maximum atomic E-state index is 12.0. The van der Waals surface area contributed by atoms with Gasteiger partial charge in [0.05, 0.1) is 6.26 Å². The second-order valence-corrected chi connectivity index (χ2v) is 6.16. The summed E-state index contributed by atoms with van der Waals surface area (Å²) >= 11 is 0. The average Bonchev–Trinajstić information content (AvgIpc) is 3.32. The quantitative estimate of drug-likeness (QED) is 0.516. The van der Waals surface area contributed by atoms with Crippen LogP contribution in [-0.2, 0) is 9.59 Å². The van der Waals surface area contributed by atoms with Gasteiger partial charge in [-0.2, -0.15) is 5.10 Å². The highest BCUT2D eigenvalue weighted by Crippen LogP contribution is 2.20. The number of H-pyrrole nitrogens is 1. The van der Waals surface area contributed by atoms with E-state index < -0.39 is 0 Å².